The van der Waals surface area contributed by atoms with Crippen molar-refractivity contribution in [3.63, 3.8) is 0 Å². The minimum atomic E-state index is 0.0953. The Balaban J connectivity index is 1.67. The summed E-state index contributed by atoms with van der Waals surface area (Å²) in [5, 5.41) is 6.33. The normalized spacial score (nSPS) is 13.8. The zero-order valence-corrected chi connectivity index (χ0v) is 15.6. The lowest BCUT2D eigenvalue weighted by atomic mass is 10.2. The summed E-state index contributed by atoms with van der Waals surface area (Å²) < 4.78 is 0. The molecule has 0 spiro atoms. The van der Waals surface area contributed by atoms with Gasteiger partial charge in [0, 0.05) is 35.3 Å². The van der Waals surface area contributed by atoms with Crippen LogP contribution in [0.4, 0.5) is 11.4 Å². The van der Waals surface area contributed by atoms with Gasteiger partial charge in [-0.05, 0) is 37.7 Å². The number of para-hydroxylation sites is 2. The highest BCUT2D eigenvalue weighted by atomic mass is 32.2. The van der Waals surface area contributed by atoms with Gasteiger partial charge in [0.1, 0.15) is 0 Å². The molecule has 1 aliphatic heterocycles. The SMILES string of the molecule is CCN[C@H](C)CNC(=O)CCN1c2ccccc2Sc2ccccc21. The van der Waals surface area contributed by atoms with Crippen LogP contribution in [0.3, 0.4) is 0 Å². The fraction of sp³-hybridized carbons (Fsp3) is 0.350. The Morgan fingerprint density at radius 2 is 1.68 bits per heavy atom. The fourth-order valence-electron chi connectivity index (χ4n) is 3.01. The van der Waals surface area contributed by atoms with Crippen LogP contribution in [0.25, 0.3) is 0 Å². The van der Waals surface area contributed by atoms with Crippen molar-refractivity contribution >= 4 is 29.0 Å². The van der Waals surface area contributed by atoms with Crippen LogP contribution in [0.5, 0.6) is 0 Å². The molecule has 3 rings (SSSR count). The quantitative estimate of drug-likeness (QED) is 0.793. The summed E-state index contributed by atoms with van der Waals surface area (Å²) in [4.78, 5) is 17.0. The molecule has 2 aromatic rings. The summed E-state index contributed by atoms with van der Waals surface area (Å²) in [5.41, 5.74) is 2.36. The van der Waals surface area contributed by atoms with Gasteiger partial charge in [0.15, 0.2) is 0 Å². The Morgan fingerprint density at radius 1 is 1.08 bits per heavy atom. The van der Waals surface area contributed by atoms with Gasteiger partial charge in [-0.2, -0.15) is 0 Å². The molecule has 25 heavy (non-hydrogen) atoms. The van der Waals surface area contributed by atoms with Crippen molar-refractivity contribution in [2.45, 2.75) is 36.1 Å². The highest BCUT2D eigenvalue weighted by Gasteiger charge is 2.23. The van der Waals surface area contributed by atoms with Crippen LogP contribution in [-0.2, 0) is 4.79 Å². The van der Waals surface area contributed by atoms with E-state index in [1.807, 2.05) is 0 Å². The molecular formula is C20H25N3OS. The maximum Gasteiger partial charge on any atom is 0.221 e. The molecule has 0 radical (unpaired) electrons. The number of nitrogens with zero attached hydrogens (tertiary/aromatic N) is 1. The highest BCUT2D eigenvalue weighted by molar-refractivity contribution is 7.99. The maximum absolute atomic E-state index is 12.2. The molecule has 0 fully saturated rings. The molecule has 1 amide bonds. The molecule has 4 nitrogen and oxygen atoms in total. The number of rotatable bonds is 7. The lowest BCUT2D eigenvalue weighted by Crippen LogP contribution is -2.39. The van der Waals surface area contributed by atoms with Crippen molar-refractivity contribution < 1.29 is 4.79 Å². The van der Waals surface area contributed by atoms with E-state index in [1.165, 1.54) is 21.2 Å². The van der Waals surface area contributed by atoms with Crippen LogP contribution >= 0.6 is 11.8 Å². The topological polar surface area (TPSA) is 44.4 Å². The van der Waals surface area contributed by atoms with Crippen molar-refractivity contribution in [2.75, 3.05) is 24.5 Å². The van der Waals surface area contributed by atoms with Crippen molar-refractivity contribution in [3.05, 3.63) is 48.5 Å². The molecule has 0 bridgehead atoms. The lowest BCUT2D eigenvalue weighted by molar-refractivity contribution is -0.120. The van der Waals surface area contributed by atoms with E-state index in [-0.39, 0.29) is 5.91 Å². The summed E-state index contributed by atoms with van der Waals surface area (Å²) in [6, 6.07) is 17.1. The predicted molar refractivity (Wildman–Crippen MR) is 105 cm³/mol. The van der Waals surface area contributed by atoms with E-state index in [2.05, 4.69) is 77.9 Å². The Hall–Kier alpha value is -1.98. The highest BCUT2D eigenvalue weighted by Crippen LogP contribution is 2.47. The second kappa shape index (κ2) is 8.41. The Labute approximate surface area is 154 Å². The van der Waals surface area contributed by atoms with E-state index >= 15 is 0 Å². The molecule has 0 saturated heterocycles. The van der Waals surface area contributed by atoms with Gasteiger partial charge in [-0.1, -0.05) is 43.0 Å². The number of carbonyl (C=O) groups excluding carboxylic acids is 1. The third kappa shape index (κ3) is 4.35. The van der Waals surface area contributed by atoms with Gasteiger partial charge in [0.05, 0.1) is 11.4 Å². The standard InChI is InChI=1S/C20H25N3OS/c1-3-21-15(2)14-22-20(24)12-13-23-16-8-4-6-10-18(16)25-19-11-7-5-9-17(19)23/h4-11,15,21H,3,12-14H2,1-2H3,(H,22,24)/t15-/m1/s1. The van der Waals surface area contributed by atoms with Gasteiger partial charge < -0.3 is 15.5 Å². The number of carbonyl (C=O) groups is 1. The first-order valence-corrected chi connectivity index (χ1v) is 9.64. The minimum Gasteiger partial charge on any atom is -0.354 e. The number of likely N-dealkylation sites (N-methyl/N-ethyl adjacent to an activating group) is 1. The van der Waals surface area contributed by atoms with E-state index in [1.54, 1.807) is 11.8 Å². The van der Waals surface area contributed by atoms with Gasteiger partial charge in [0.25, 0.3) is 0 Å². The van der Waals surface area contributed by atoms with Gasteiger partial charge in [-0.25, -0.2) is 0 Å². The Kier molecular flexibility index (Phi) is 6.00. The molecule has 1 heterocycles. The lowest BCUT2D eigenvalue weighted by Gasteiger charge is -2.32. The van der Waals surface area contributed by atoms with E-state index < -0.39 is 0 Å². The third-order valence-electron chi connectivity index (χ3n) is 4.25. The molecule has 1 atom stereocenters. The number of nitrogens with one attached hydrogen (secondary N) is 2. The van der Waals surface area contributed by atoms with Gasteiger partial charge in [-0.15, -0.1) is 0 Å². The Bertz CT molecular complexity index is 689. The van der Waals surface area contributed by atoms with Gasteiger partial charge in [-0.3, -0.25) is 4.79 Å². The summed E-state index contributed by atoms with van der Waals surface area (Å²) in [5.74, 6) is 0.0953. The van der Waals surface area contributed by atoms with Crippen LogP contribution in [0.15, 0.2) is 58.3 Å². The van der Waals surface area contributed by atoms with Crippen molar-refractivity contribution in [1.29, 1.82) is 0 Å². The van der Waals surface area contributed by atoms with Crippen LogP contribution in [0.2, 0.25) is 0 Å². The molecule has 2 N–H and O–H groups in total. The summed E-state index contributed by atoms with van der Waals surface area (Å²) in [6.45, 7) is 6.40. The number of benzene rings is 2. The molecule has 0 aromatic heterocycles. The van der Waals surface area contributed by atoms with Crippen LogP contribution in [0.1, 0.15) is 20.3 Å². The average Bonchev–Trinajstić information content (AvgIpc) is 2.63. The number of fused-ring (bicyclic) bond motifs is 2. The van der Waals surface area contributed by atoms with E-state index in [4.69, 9.17) is 0 Å². The minimum absolute atomic E-state index is 0.0953. The molecule has 5 heteroatoms. The number of hydrogen-bond donors (Lipinski definition) is 2. The van der Waals surface area contributed by atoms with Gasteiger partial charge in [0.2, 0.25) is 5.91 Å². The van der Waals surface area contributed by atoms with Crippen molar-refractivity contribution in [3.8, 4) is 0 Å². The molecule has 0 aliphatic carbocycles. The molecule has 2 aromatic carbocycles. The van der Waals surface area contributed by atoms with Crippen LogP contribution in [-0.4, -0.2) is 31.6 Å². The molecule has 1 aliphatic rings. The number of anilines is 2. The first-order valence-electron chi connectivity index (χ1n) is 8.82. The first kappa shape index (κ1) is 17.8. The smallest absolute Gasteiger partial charge is 0.221 e. The zero-order chi connectivity index (χ0) is 17.6. The maximum atomic E-state index is 12.2. The summed E-state index contributed by atoms with van der Waals surface area (Å²) >= 11 is 1.79. The van der Waals surface area contributed by atoms with Crippen molar-refractivity contribution in [2.24, 2.45) is 0 Å². The molecule has 0 unspecified atom stereocenters. The molecule has 132 valence electrons. The Morgan fingerprint density at radius 3 is 2.28 bits per heavy atom. The monoisotopic (exact) mass is 355 g/mol. The van der Waals surface area contributed by atoms with Crippen LogP contribution < -0.4 is 15.5 Å². The van der Waals surface area contributed by atoms with Crippen LogP contribution in [0, 0.1) is 0 Å². The van der Waals surface area contributed by atoms with Gasteiger partial charge >= 0.3 is 0 Å². The molecular weight excluding hydrogens is 330 g/mol. The predicted octanol–water partition coefficient (Wildman–Crippen LogP) is 3.79. The second-order valence-electron chi connectivity index (χ2n) is 6.20. The summed E-state index contributed by atoms with van der Waals surface area (Å²) in [7, 11) is 0. The third-order valence-corrected chi connectivity index (χ3v) is 5.38. The fourth-order valence-corrected chi connectivity index (χ4v) is 4.11. The van der Waals surface area contributed by atoms with E-state index in [9.17, 15) is 4.79 Å². The number of amides is 1. The molecule has 0 saturated carbocycles. The van der Waals surface area contributed by atoms with Crippen molar-refractivity contribution in [1.82, 2.24) is 10.6 Å². The zero-order valence-electron chi connectivity index (χ0n) is 14.8. The number of hydrogen-bond acceptors (Lipinski definition) is 4. The second-order valence-corrected chi connectivity index (χ2v) is 7.29. The first-order chi connectivity index (χ1) is 12.2. The average molecular weight is 356 g/mol. The van der Waals surface area contributed by atoms with E-state index in [0.29, 0.717) is 25.6 Å². The van der Waals surface area contributed by atoms with E-state index in [0.717, 1.165) is 6.54 Å². The largest absolute Gasteiger partial charge is 0.354 e. The summed E-state index contributed by atoms with van der Waals surface area (Å²) in [6.07, 6.45) is 0.478.